The molecule has 27 heavy (non-hydrogen) atoms. The maximum absolute atomic E-state index is 13.0. The van der Waals surface area contributed by atoms with E-state index in [-0.39, 0.29) is 5.91 Å². The van der Waals surface area contributed by atoms with E-state index >= 15 is 0 Å². The minimum atomic E-state index is -0.571. The molecule has 138 valence electrons. The lowest BCUT2D eigenvalue weighted by atomic mass is 10.1. The molecule has 4 rings (SSSR count). The minimum absolute atomic E-state index is 0.208. The molecule has 0 saturated carbocycles. The number of benzene rings is 2. The Bertz CT molecular complexity index is 899. The fourth-order valence-corrected chi connectivity index (χ4v) is 2.92. The van der Waals surface area contributed by atoms with Crippen molar-refractivity contribution in [2.45, 2.75) is 18.9 Å². The summed E-state index contributed by atoms with van der Waals surface area (Å²) in [5.74, 6) is 1.11. The number of carbonyl (C=O) groups is 1. The summed E-state index contributed by atoms with van der Waals surface area (Å²) in [4.78, 5) is 13.0. The number of tetrazole rings is 1. The Balaban J connectivity index is 1.54. The number of amides is 1. The molecule has 1 unspecified atom stereocenters. The van der Waals surface area contributed by atoms with Crippen molar-refractivity contribution >= 4 is 11.6 Å². The third-order valence-corrected chi connectivity index (χ3v) is 4.27. The van der Waals surface area contributed by atoms with Crippen LogP contribution >= 0.6 is 0 Å². The van der Waals surface area contributed by atoms with Gasteiger partial charge in [0.2, 0.25) is 5.91 Å². The molecule has 1 N–H and O–H groups in total. The van der Waals surface area contributed by atoms with Gasteiger partial charge in [-0.15, -0.1) is 5.10 Å². The van der Waals surface area contributed by atoms with Crippen LogP contribution < -0.4 is 14.8 Å². The van der Waals surface area contributed by atoms with Crippen LogP contribution in [0.25, 0.3) is 0 Å². The standard InChI is InChI=1S/C19H19N5O3/c25-19(21-15-7-8-17-18(12-15)27-10-4-9-26-17)16(24-13-20-22-23-24)11-14-5-2-1-3-6-14/h1-3,5-8,12-13,16H,4,9-11H2,(H,21,25). The van der Waals surface area contributed by atoms with Gasteiger partial charge in [0.1, 0.15) is 12.4 Å². The van der Waals surface area contributed by atoms with Crippen LogP contribution in [-0.2, 0) is 11.2 Å². The van der Waals surface area contributed by atoms with E-state index in [4.69, 9.17) is 9.47 Å². The molecule has 0 aliphatic carbocycles. The molecule has 2 aromatic carbocycles. The number of carbonyl (C=O) groups excluding carboxylic acids is 1. The largest absolute Gasteiger partial charge is 0.490 e. The van der Waals surface area contributed by atoms with Crippen LogP contribution in [0.4, 0.5) is 5.69 Å². The molecule has 1 aromatic heterocycles. The first-order chi connectivity index (χ1) is 13.3. The molecule has 0 saturated heterocycles. The van der Waals surface area contributed by atoms with Crippen LogP contribution in [0.5, 0.6) is 11.5 Å². The highest BCUT2D eigenvalue weighted by atomic mass is 16.5. The highest BCUT2D eigenvalue weighted by Crippen LogP contribution is 2.32. The quantitative estimate of drug-likeness (QED) is 0.746. The molecule has 8 nitrogen and oxygen atoms in total. The number of fused-ring (bicyclic) bond motifs is 1. The van der Waals surface area contributed by atoms with Gasteiger partial charge in [0.15, 0.2) is 11.5 Å². The lowest BCUT2D eigenvalue weighted by molar-refractivity contribution is -0.119. The van der Waals surface area contributed by atoms with Crippen molar-refractivity contribution in [2.75, 3.05) is 18.5 Å². The van der Waals surface area contributed by atoms with E-state index in [0.717, 1.165) is 12.0 Å². The molecule has 8 heteroatoms. The molecular formula is C19H19N5O3. The van der Waals surface area contributed by atoms with Crippen molar-refractivity contribution < 1.29 is 14.3 Å². The molecule has 0 bridgehead atoms. The van der Waals surface area contributed by atoms with Gasteiger partial charge in [0.25, 0.3) is 0 Å². The van der Waals surface area contributed by atoms with E-state index in [9.17, 15) is 4.79 Å². The maximum atomic E-state index is 13.0. The fourth-order valence-electron chi connectivity index (χ4n) is 2.92. The van der Waals surface area contributed by atoms with Gasteiger partial charge >= 0.3 is 0 Å². The first-order valence-electron chi connectivity index (χ1n) is 8.76. The molecule has 1 atom stereocenters. The van der Waals surface area contributed by atoms with Crippen LogP contribution in [0.1, 0.15) is 18.0 Å². The van der Waals surface area contributed by atoms with E-state index < -0.39 is 6.04 Å². The van der Waals surface area contributed by atoms with Crippen LogP contribution in [0, 0.1) is 0 Å². The zero-order chi connectivity index (χ0) is 18.5. The van der Waals surface area contributed by atoms with Gasteiger partial charge in [-0.05, 0) is 28.1 Å². The Morgan fingerprint density at radius 2 is 1.93 bits per heavy atom. The van der Waals surface area contributed by atoms with Gasteiger partial charge in [0, 0.05) is 24.6 Å². The summed E-state index contributed by atoms with van der Waals surface area (Å²) in [6.07, 6.45) is 2.75. The summed E-state index contributed by atoms with van der Waals surface area (Å²) in [7, 11) is 0. The lowest BCUT2D eigenvalue weighted by Gasteiger charge is -2.17. The Morgan fingerprint density at radius 3 is 2.70 bits per heavy atom. The fraction of sp³-hybridized carbons (Fsp3) is 0.263. The van der Waals surface area contributed by atoms with E-state index in [1.54, 1.807) is 18.2 Å². The first kappa shape index (κ1) is 17.0. The van der Waals surface area contributed by atoms with Gasteiger partial charge in [-0.25, -0.2) is 4.68 Å². The van der Waals surface area contributed by atoms with Crippen molar-refractivity contribution in [3.05, 3.63) is 60.4 Å². The smallest absolute Gasteiger partial charge is 0.249 e. The topological polar surface area (TPSA) is 91.2 Å². The average molecular weight is 365 g/mol. The predicted octanol–water partition coefficient (Wildman–Crippen LogP) is 2.26. The normalized spacial score (nSPS) is 14.2. The zero-order valence-corrected chi connectivity index (χ0v) is 14.6. The number of ether oxygens (including phenoxy) is 2. The summed E-state index contributed by atoms with van der Waals surface area (Å²) < 4.78 is 12.8. The number of hydrogen-bond donors (Lipinski definition) is 1. The minimum Gasteiger partial charge on any atom is -0.490 e. The van der Waals surface area contributed by atoms with E-state index in [1.165, 1.54) is 11.0 Å². The molecule has 1 aliphatic heterocycles. The van der Waals surface area contributed by atoms with Crippen molar-refractivity contribution in [3.8, 4) is 11.5 Å². The molecule has 3 aromatic rings. The maximum Gasteiger partial charge on any atom is 0.249 e. The van der Waals surface area contributed by atoms with Crippen LogP contribution in [0.3, 0.4) is 0 Å². The van der Waals surface area contributed by atoms with Gasteiger partial charge < -0.3 is 14.8 Å². The molecule has 2 heterocycles. The molecular weight excluding hydrogens is 346 g/mol. The van der Waals surface area contributed by atoms with Crippen LogP contribution in [0.2, 0.25) is 0 Å². The average Bonchev–Trinajstić information content (AvgIpc) is 3.12. The molecule has 0 spiro atoms. The van der Waals surface area contributed by atoms with Crippen molar-refractivity contribution in [1.29, 1.82) is 0 Å². The summed E-state index contributed by atoms with van der Waals surface area (Å²) in [5.41, 5.74) is 1.65. The Morgan fingerprint density at radius 1 is 1.11 bits per heavy atom. The lowest BCUT2D eigenvalue weighted by Crippen LogP contribution is -2.28. The Kier molecular flexibility index (Phi) is 4.95. The third-order valence-electron chi connectivity index (χ3n) is 4.27. The summed E-state index contributed by atoms with van der Waals surface area (Å²) in [6.45, 7) is 1.21. The van der Waals surface area contributed by atoms with Crippen molar-refractivity contribution in [3.63, 3.8) is 0 Å². The number of hydrogen-bond acceptors (Lipinski definition) is 6. The summed E-state index contributed by atoms with van der Waals surface area (Å²) in [5, 5.41) is 14.2. The molecule has 1 aliphatic rings. The number of aromatic nitrogens is 4. The monoisotopic (exact) mass is 365 g/mol. The number of rotatable bonds is 5. The van der Waals surface area contributed by atoms with Crippen molar-refractivity contribution in [1.82, 2.24) is 20.2 Å². The SMILES string of the molecule is O=C(Nc1ccc2c(c1)OCCCO2)C(Cc1ccccc1)n1cnnn1. The Labute approximate surface area is 156 Å². The summed E-state index contributed by atoms with van der Waals surface area (Å²) >= 11 is 0. The van der Waals surface area contributed by atoms with Gasteiger partial charge in [-0.2, -0.15) is 0 Å². The number of nitrogens with zero attached hydrogens (tertiary/aromatic N) is 4. The predicted molar refractivity (Wildman–Crippen MR) is 97.7 cm³/mol. The third kappa shape index (κ3) is 4.05. The van der Waals surface area contributed by atoms with E-state index in [2.05, 4.69) is 20.8 Å². The highest BCUT2D eigenvalue weighted by Gasteiger charge is 2.23. The second-order valence-electron chi connectivity index (χ2n) is 6.20. The van der Waals surface area contributed by atoms with Crippen molar-refractivity contribution in [2.24, 2.45) is 0 Å². The van der Waals surface area contributed by atoms with Gasteiger partial charge in [-0.1, -0.05) is 30.3 Å². The molecule has 0 fully saturated rings. The second-order valence-corrected chi connectivity index (χ2v) is 6.20. The molecule has 0 radical (unpaired) electrons. The van der Waals surface area contributed by atoms with Gasteiger partial charge in [-0.3, -0.25) is 4.79 Å². The number of nitrogens with one attached hydrogen (secondary N) is 1. The van der Waals surface area contributed by atoms with E-state index in [0.29, 0.717) is 36.8 Å². The van der Waals surface area contributed by atoms with Gasteiger partial charge in [0.05, 0.1) is 13.2 Å². The second kappa shape index (κ2) is 7.86. The van der Waals surface area contributed by atoms with E-state index in [1.807, 2.05) is 30.3 Å². The zero-order valence-electron chi connectivity index (χ0n) is 14.6. The molecule has 1 amide bonds. The number of anilines is 1. The summed E-state index contributed by atoms with van der Waals surface area (Å²) in [6, 6.07) is 14.6. The van der Waals surface area contributed by atoms with Crippen LogP contribution in [0.15, 0.2) is 54.9 Å². The highest BCUT2D eigenvalue weighted by molar-refractivity contribution is 5.94. The Hall–Kier alpha value is -3.42. The van der Waals surface area contributed by atoms with Crippen LogP contribution in [-0.4, -0.2) is 39.3 Å². The first-order valence-corrected chi connectivity index (χ1v) is 8.76.